The molecule has 2 aromatic rings. The summed E-state index contributed by atoms with van der Waals surface area (Å²) in [6.07, 6.45) is 3.56. The van der Waals surface area contributed by atoms with Gasteiger partial charge in [-0.1, -0.05) is 143 Å². The standard InChI is InChI=1S/C59H89N9O10/c1-11-38(9)49(54(72)64-50(59(77)78)39(10)12-2)63-52(70)43(32-36(5)6)61-53(71)46(33-40-21-15-13-16-22-40)67-29-30-68(47(57(67)75)34-41-23-17-14-18-24-41)56(74)44-25-19-27-65(44)55(73)45-26-20-28-66(45)58(76)48(37(7)8)62-51(69)42(60)31-35(3)4/h13-18,21-24,35-39,42-50H,11-12,19-20,25-34,60H2,1-10H3,(H,61,71)(H,62,69)(H,63,70)(H,64,72)(H,77,78)/t38-,39-,42-,43-,44-,45-,46+,47+,48-,49-,50-/m0/s1. The third-order valence-electron chi connectivity index (χ3n) is 15.9. The van der Waals surface area contributed by atoms with Crippen LogP contribution in [-0.2, 0) is 56.0 Å². The van der Waals surface area contributed by atoms with E-state index in [0.717, 1.165) is 11.1 Å². The van der Waals surface area contributed by atoms with Crippen LogP contribution in [0.25, 0.3) is 0 Å². The predicted octanol–water partition coefficient (Wildman–Crippen LogP) is 4.05. The third kappa shape index (κ3) is 16.1. The van der Waals surface area contributed by atoms with Crippen molar-refractivity contribution in [3.8, 4) is 0 Å². The van der Waals surface area contributed by atoms with E-state index < -0.39 is 102 Å². The molecule has 430 valence electrons. The average Bonchev–Trinajstić information content (AvgIpc) is 4.11. The number of carboxylic acid groups (broad SMARTS) is 1. The number of carbonyl (C=O) groups is 9. The number of benzene rings is 2. The molecule has 3 aliphatic heterocycles. The fourth-order valence-corrected chi connectivity index (χ4v) is 11.0. The molecule has 7 N–H and O–H groups in total. The molecule has 5 rings (SSSR count). The molecule has 8 amide bonds. The second-order valence-corrected chi connectivity index (χ2v) is 23.1. The Labute approximate surface area is 461 Å². The van der Waals surface area contributed by atoms with E-state index in [1.165, 1.54) is 14.7 Å². The van der Waals surface area contributed by atoms with Crippen LogP contribution < -0.4 is 27.0 Å². The Balaban J connectivity index is 1.42. The number of aliphatic carboxylic acids is 1. The summed E-state index contributed by atoms with van der Waals surface area (Å²) in [6, 6.07) is 9.23. The van der Waals surface area contributed by atoms with Gasteiger partial charge in [0.15, 0.2) is 0 Å². The molecule has 0 radical (unpaired) electrons. The molecule has 19 heteroatoms. The molecule has 2 aromatic carbocycles. The van der Waals surface area contributed by atoms with Crippen molar-refractivity contribution >= 4 is 53.2 Å². The molecule has 78 heavy (non-hydrogen) atoms. The summed E-state index contributed by atoms with van der Waals surface area (Å²) in [5.41, 5.74) is 7.71. The number of carbonyl (C=O) groups excluding carboxylic acids is 8. The fourth-order valence-electron chi connectivity index (χ4n) is 11.0. The number of amides is 8. The Morgan fingerprint density at radius 3 is 1.65 bits per heavy atom. The van der Waals surface area contributed by atoms with Crippen molar-refractivity contribution in [3.63, 3.8) is 0 Å². The Morgan fingerprint density at radius 1 is 0.590 bits per heavy atom. The molecule has 0 aromatic heterocycles. The molecule has 0 saturated carbocycles. The number of carboxylic acids is 1. The van der Waals surface area contributed by atoms with Crippen LogP contribution >= 0.6 is 0 Å². The lowest BCUT2D eigenvalue weighted by atomic mass is 9.94. The van der Waals surface area contributed by atoms with Gasteiger partial charge in [0.05, 0.1) is 6.04 Å². The molecule has 3 heterocycles. The summed E-state index contributed by atoms with van der Waals surface area (Å²) < 4.78 is 0. The van der Waals surface area contributed by atoms with Crippen LogP contribution in [0.4, 0.5) is 0 Å². The summed E-state index contributed by atoms with van der Waals surface area (Å²) in [5.74, 6) is -6.19. The van der Waals surface area contributed by atoms with Crippen molar-refractivity contribution in [2.24, 2.45) is 35.3 Å². The normalized spacial score (nSPS) is 20.8. The highest BCUT2D eigenvalue weighted by Gasteiger charge is 2.49. The van der Waals surface area contributed by atoms with Crippen LogP contribution in [0.1, 0.15) is 132 Å². The SMILES string of the molecule is CC[C@H](C)[C@H](NC(=O)[C@@H](NC(=O)[C@H](CC(C)C)NC(=O)[C@@H](Cc1ccccc1)N1CCN(C(=O)[C@@H]2CCCN2C(=O)[C@@H]2CCCN2C(=O)[C@@H](NC(=O)[C@@H](N)CC(C)C)C(C)C)[C@H](Cc2ccccc2)C1=O)[C@@H](C)CC)C(=O)O. The largest absolute Gasteiger partial charge is 0.480 e. The summed E-state index contributed by atoms with van der Waals surface area (Å²) in [5, 5.41) is 21.3. The zero-order valence-corrected chi connectivity index (χ0v) is 47.7. The van der Waals surface area contributed by atoms with E-state index in [2.05, 4.69) is 21.3 Å². The van der Waals surface area contributed by atoms with Crippen molar-refractivity contribution in [3.05, 3.63) is 71.8 Å². The van der Waals surface area contributed by atoms with Gasteiger partial charge in [-0.2, -0.15) is 0 Å². The summed E-state index contributed by atoms with van der Waals surface area (Å²) in [7, 11) is 0. The number of rotatable bonds is 26. The maximum absolute atomic E-state index is 15.4. The predicted molar refractivity (Wildman–Crippen MR) is 297 cm³/mol. The van der Waals surface area contributed by atoms with E-state index in [4.69, 9.17) is 5.73 Å². The molecule has 3 fully saturated rings. The van der Waals surface area contributed by atoms with Crippen molar-refractivity contribution < 1.29 is 48.3 Å². The first kappa shape index (κ1) is 62.5. The molecular formula is C59H89N9O10. The number of nitrogens with two attached hydrogens (primary N) is 1. The van der Waals surface area contributed by atoms with Gasteiger partial charge in [0.25, 0.3) is 0 Å². The van der Waals surface area contributed by atoms with Crippen molar-refractivity contribution in [1.29, 1.82) is 0 Å². The monoisotopic (exact) mass is 1080 g/mol. The van der Waals surface area contributed by atoms with E-state index in [0.29, 0.717) is 51.5 Å². The second kappa shape index (κ2) is 29.0. The zero-order chi connectivity index (χ0) is 57.5. The molecule has 0 aliphatic carbocycles. The molecule has 0 bridgehead atoms. The Morgan fingerprint density at radius 2 is 1.10 bits per heavy atom. The molecule has 11 atom stereocenters. The summed E-state index contributed by atoms with van der Waals surface area (Å²) in [6.45, 7) is 19.1. The number of hydrogen-bond acceptors (Lipinski definition) is 10. The molecule has 0 spiro atoms. The average molecular weight is 1080 g/mol. The number of piperazine rings is 1. The molecule has 0 unspecified atom stereocenters. The van der Waals surface area contributed by atoms with Crippen LogP contribution in [0.15, 0.2) is 60.7 Å². The Bertz CT molecular complexity index is 2390. The smallest absolute Gasteiger partial charge is 0.326 e. The maximum Gasteiger partial charge on any atom is 0.326 e. The third-order valence-corrected chi connectivity index (χ3v) is 15.9. The van der Waals surface area contributed by atoms with Crippen LogP contribution in [0.2, 0.25) is 0 Å². The summed E-state index contributed by atoms with van der Waals surface area (Å²) in [4.78, 5) is 134. The van der Waals surface area contributed by atoms with Crippen LogP contribution in [-0.4, -0.2) is 158 Å². The Kier molecular flexibility index (Phi) is 23.2. The van der Waals surface area contributed by atoms with E-state index in [9.17, 15) is 33.9 Å². The lowest BCUT2D eigenvalue weighted by Gasteiger charge is -2.45. The number of hydrogen-bond donors (Lipinski definition) is 6. The van der Waals surface area contributed by atoms with Gasteiger partial charge in [0.2, 0.25) is 47.3 Å². The second-order valence-electron chi connectivity index (χ2n) is 23.1. The topological polar surface area (TPSA) is 261 Å². The van der Waals surface area contributed by atoms with Gasteiger partial charge in [-0.3, -0.25) is 38.4 Å². The number of nitrogens with zero attached hydrogens (tertiary/aromatic N) is 4. The first-order chi connectivity index (χ1) is 37.0. The molecule has 3 saturated heterocycles. The lowest BCUT2D eigenvalue weighted by molar-refractivity contribution is -0.159. The lowest BCUT2D eigenvalue weighted by Crippen LogP contribution is -2.67. The van der Waals surface area contributed by atoms with Gasteiger partial charge in [-0.25, -0.2) is 4.79 Å². The zero-order valence-electron chi connectivity index (χ0n) is 47.7. The quantitative estimate of drug-likeness (QED) is 0.0783. The van der Waals surface area contributed by atoms with Crippen LogP contribution in [0.3, 0.4) is 0 Å². The highest BCUT2D eigenvalue weighted by atomic mass is 16.4. The van der Waals surface area contributed by atoms with E-state index in [1.54, 1.807) is 18.7 Å². The molecular weight excluding hydrogens is 995 g/mol. The highest BCUT2D eigenvalue weighted by molar-refractivity contribution is 5.99. The van der Waals surface area contributed by atoms with Crippen LogP contribution in [0, 0.1) is 29.6 Å². The maximum atomic E-state index is 15.4. The van der Waals surface area contributed by atoms with Gasteiger partial charge < -0.3 is 51.7 Å². The van der Waals surface area contributed by atoms with E-state index >= 15 is 14.4 Å². The van der Waals surface area contributed by atoms with Crippen molar-refractivity contribution in [2.45, 2.75) is 188 Å². The van der Waals surface area contributed by atoms with Crippen LogP contribution in [0.5, 0.6) is 0 Å². The van der Waals surface area contributed by atoms with E-state index in [1.807, 2.05) is 116 Å². The number of likely N-dealkylation sites (tertiary alicyclic amines) is 2. The van der Waals surface area contributed by atoms with E-state index in [-0.39, 0.29) is 74.4 Å². The van der Waals surface area contributed by atoms with Gasteiger partial charge in [-0.05, 0) is 79.2 Å². The minimum Gasteiger partial charge on any atom is -0.480 e. The van der Waals surface area contributed by atoms with Gasteiger partial charge >= 0.3 is 5.97 Å². The molecule has 19 nitrogen and oxygen atoms in total. The molecule has 3 aliphatic rings. The fraction of sp³-hybridized carbons (Fsp3) is 0.644. The van der Waals surface area contributed by atoms with Gasteiger partial charge in [-0.15, -0.1) is 0 Å². The number of nitrogens with one attached hydrogen (secondary N) is 4. The van der Waals surface area contributed by atoms with Crippen molar-refractivity contribution in [1.82, 2.24) is 40.9 Å². The van der Waals surface area contributed by atoms with Crippen molar-refractivity contribution in [2.75, 3.05) is 26.2 Å². The minimum absolute atomic E-state index is 0.0253. The first-order valence-corrected chi connectivity index (χ1v) is 28.5. The highest BCUT2D eigenvalue weighted by Crippen LogP contribution is 2.30. The van der Waals surface area contributed by atoms with Gasteiger partial charge in [0.1, 0.15) is 48.3 Å². The Hall–Kier alpha value is -6.37. The first-order valence-electron chi connectivity index (χ1n) is 28.5. The van der Waals surface area contributed by atoms with Gasteiger partial charge in [0, 0.05) is 39.0 Å². The minimum atomic E-state index is -1.19. The summed E-state index contributed by atoms with van der Waals surface area (Å²) >= 11 is 0.